The summed E-state index contributed by atoms with van der Waals surface area (Å²) in [5.41, 5.74) is 0. The van der Waals surface area contributed by atoms with Crippen molar-refractivity contribution in [3.63, 3.8) is 0 Å². The first-order valence-corrected chi connectivity index (χ1v) is 9.07. The zero-order valence-electron chi connectivity index (χ0n) is 14.7. The molecule has 6 nitrogen and oxygen atoms in total. The zero-order valence-corrected chi connectivity index (χ0v) is 14.7. The highest BCUT2D eigenvalue weighted by molar-refractivity contribution is 5.85. The molecule has 0 unspecified atom stereocenters. The second-order valence-electron chi connectivity index (χ2n) is 6.21. The molecule has 0 bridgehead atoms. The van der Waals surface area contributed by atoms with Crippen LogP contribution in [-0.4, -0.2) is 44.2 Å². The molecule has 6 heteroatoms. The molecule has 0 saturated heterocycles. The number of carbonyl (C=O) groups excluding carboxylic acids is 2. The van der Waals surface area contributed by atoms with E-state index in [4.69, 9.17) is 9.47 Å². The van der Waals surface area contributed by atoms with E-state index in [0.717, 1.165) is 19.3 Å². The topological polar surface area (TPSA) is 76.7 Å². The van der Waals surface area contributed by atoms with E-state index in [2.05, 4.69) is 10.6 Å². The number of carbonyl (C=O) groups is 2. The van der Waals surface area contributed by atoms with Crippen LogP contribution in [0.5, 0.6) is 5.75 Å². The summed E-state index contributed by atoms with van der Waals surface area (Å²) in [5.74, 6) is 0.102. The number of benzene rings is 1. The quantitative estimate of drug-likeness (QED) is 0.635. The van der Waals surface area contributed by atoms with Crippen LogP contribution >= 0.6 is 0 Å². The van der Waals surface area contributed by atoms with Gasteiger partial charge in [-0.1, -0.05) is 37.5 Å². The predicted molar refractivity (Wildman–Crippen MR) is 95.4 cm³/mol. The summed E-state index contributed by atoms with van der Waals surface area (Å²) in [7, 11) is 0. The van der Waals surface area contributed by atoms with Gasteiger partial charge in [-0.3, -0.25) is 9.59 Å². The summed E-state index contributed by atoms with van der Waals surface area (Å²) < 4.78 is 11.1. The fraction of sp³-hybridized carbons (Fsp3) is 0.579. The summed E-state index contributed by atoms with van der Waals surface area (Å²) in [5, 5.41) is 5.31. The first-order valence-electron chi connectivity index (χ1n) is 9.07. The van der Waals surface area contributed by atoms with Crippen LogP contribution in [0.25, 0.3) is 0 Å². The van der Waals surface area contributed by atoms with Gasteiger partial charge >= 0.3 is 0 Å². The summed E-state index contributed by atoms with van der Waals surface area (Å²) in [6, 6.07) is 9.08. The molecule has 0 radical (unpaired) electrons. The van der Waals surface area contributed by atoms with Crippen LogP contribution in [0.15, 0.2) is 30.3 Å². The molecule has 0 heterocycles. The van der Waals surface area contributed by atoms with Gasteiger partial charge in [0.2, 0.25) is 5.91 Å². The molecular weight excluding hydrogens is 320 g/mol. The Balaban J connectivity index is 1.45. The van der Waals surface area contributed by atoms with E-state index in [1.807, 2.05) is 18.2 Å². The average Bonchev–Trinajstić information content (AvgIpc) is 2.66. The van der Waals surface area contributed by atoms with Crippen molar-refractivity contribution in [3.8, 4) is 5.75 Å². The van der Waals surface area contributed by atoms with Crippen molar-refractivity contribution in [2.75, 3.05) is 26.3 Å². The molecule has 2 amide bonds. The van der Waals surface area contributed by atoms with Gasteiger partial charge in [0, 0.05) is 13.2 Å². The van der Waals surface area contributed by atoms with Gasteiger partial charge in [-0.15, -0.1) is 0 Å². The van der Waals surface area contributed by atoms with E-state index in [0.29, 0.717) is 25.0 Å². The lowest BCUT2D eigenvalue weighted by molar-refractivity contribution is -0.127. The molecule has 1 saturated carbocycles. The van der Waals surface area contributed by atoms with Crippen LogP contribution in [0, 0.1) is 0 Å². The van der Waals surface area contributed by atoms with E-state index in [-0.39, 0.29) is 25.0 Å². The number of amides is 2. The third-order valence-electron chi connectivity index (χ3n) is 4.11. The van der Waals surface area contributed by atoms with E-state index >= 15 is 0 Å². The van der Waals surface area contributed by atoms with Crippen LogP contribution in [0.1, 0.15) is 38.5 Å². The molecule has 0 aliphatic heterocycles. The first kappa shape index (κ1) is 19.2. The standard InChI is InChI=1S/C19H28N2O4/c22-18(20-12-7-13-24-16-8-3-1-4-9-16)14-21-19(23)15-25-17-10-5-2-6-11-17/h2,5-6,10-11,16H,1,3-4,7-9,12-15H2,(H,20,22)(H,21,23). The second-order valence-corrected chi connectivity index (χ2v) is 6.21. The van der Waals surface area contributed by atoms with Gasteiger partial charge in [0.15, 0.2) is 6.61 Å². The maximum Gasteiger partial charge on any atom is 0.258 e. The number of nitrogens with one attached hydrogen (secondary N) is 2. The van der Waals surface area contributed by atoms with Crippen molar-refractivity contribution in [1.82, 2.24) is 10.6 Å². The summed E-state index contributed by atoms with van der Waals surface area (Å²) in [6.45, 7) is 1.08. The number of para-hydroxylation sites is 1. The SMILES string of the molecule is O=C(CNC(=O)COc1ccccc1)NCCCOC1CCCCC1. The van der Waals surface area contributed by atoms with Crippen molar-refractivity contribution >= 4 is 11.8 Å². The molecule has 1 aromatic carbocycles. The van der Waals surface area contributed by atoms with Crippen molar-refractivity contribution in [2.45, 2.75) is 44.6 Å². The summed E-state index contributed by atoms with van der Waals surface area (Å²) >= 11 is 0. The van der Waals surface area contributed by atoms with Crippen molar-refractivity contribution in [3.05, 3.63) is 30.3 Å². The van der Waals surface area contributed by atoms with Crippen molar-refractivity contribution in [1.29, 1.82) is 0 Å². The first-order chi connectivity index (χ1) is 12.2. The van der Waals surface area contributed by atoms with Crippen molar-refractivity contribution < 1.29 is 19.1 Å². The van der Waals surface area contributed by atoms with Gasteiger partial charge in [0.1, 0.15) is 5.75 Å². The van der Waals surface area contributed by atoms with E-state index in [1.54, 1.807) is 12.1 Å². The Kier molecular flexibility index (Phi) is 8.83. The van der Waals surface area contributed by atoms with Gasteiger partial charge in [0.25, 0.3) is 5.91 Å². The fourth-order valence-corrected chi connectivity index (χ4v) is 2.74. The molecule has 2 N–H and O–H groups in total. The number of ether oxygens (including phenoxy) is 2. The van der Waals surface area contributed by atoms with Gasteiger partial charge in [-0.25, -0.2) is 0 Å². The average molecular weight is 348 g/mol. The molecule has 1 aromatic rings. The third-order valence-corrected chi connectivity index (χ3v) is 4.11. The lowest BCUT2D eigenvalue weighted by atomic mass is 9.98. The smallest absolute Gasteiger partial charge is 0.258 e. The highest BCUT2D eigenvalue weighted by Crippen LogP contribution is 2.20. The minimum absolute atomic E-state index is 0.0412. The molecule has 1 aliphatic carbocycles. The van der Waals surface area contributed by atoms with Gasteiger partial charge in [-0.2, -0.15) is 0 Å². The minimum Gasteiger partial charge on any atom is -0.484 e. The zero-order chi connectivity index (χ0) is 17.7. The molecule has 0 aromatic heterocycles. The molecule has 2 rings (SSSR count). The Morgan fingerprint density at radius 2 is 1.76 bits per heavy atom. The Bertz CT molecular complexity index is 515. The Morgan fingerprint density at radius 3 is 2.52 bits per heavy atom. The fourth-order valence-electron chi connectivity index (χ4n) is 2.74. The normalized spacial score (nSPS) is 14.7. The lowest BCUT2D eigenvalue weighted by Crippen LogP contribution is -2.39. The third kappa shape index (κ3) is 8.54. The highest BCUT2D eigenvalue weighted by atomic mass is 16.5. The molecular formula is C19H28N2O4. The summed E-state index contributed by atoms with van der Waals surface area (Å²) in [6.07, 6.45) is 7.33. The van der Waals surface area contributed by atoms with E-state index in [1.165, 1.54) is 19.3 Å². The number of rotatable bonds is 10. The monoisotopic (exact) mass is 348 g/mol. The molecule has 1 aliphatic rings. The highest BCUT2D eigenvalue weighted by Gasteiger charge is 2.13. The van der Waals surface area contributed by atoms with Crippen molar-refractivity contribution in [2.24, 2.45) is 0 Å². The molecule has 1 fully saturated rings. The Labute approximate surface area is 149 Å². The van der Waals surface area contributed by atoms with Gasteiger partial charge in [0.05, 0.1) is 12.6 Å². The molecule has 25 heavy (non-hydrogen) atoms. The van der Waals surface area contributed by atoms with Gasteiger partial charge < -0.3 is 20.1 Å². The molecule has 0 atom stereocenters. The van der Waals surface area contributed by atoms with Crippen LogP contribution in [0.3, 0.4) is 0 Å². The maximum absolute atomic E-state index is 11.7. The van der Waals surface area contributed by atoms with Crippen LogP contribution < -0.4 is 15.4 Å². The van der Waals surface area contributed by atoms with E-state index < -0.39 is 0 Å². The predicted octanol–water partition coefficient (Wildman–Crippen LogP) is 2.04. The minimum atomic E-state index is -0.320. The molecule has 0 spiro atoms. The Hall–Kier alpha value is -2.08. The summed E-state index contributed by atoms with van der Waals surface area (Å²) in [4.78, 5) is 23.3. The molecule has 138 valence electrons. The van der Waals surface area contributed by atoms with Crippen LogP contribution in [-0.2, 0) is 14.3 Å². The van der Waals surface area contributed by atoms with Gasteiger partial charge in [-0.05, 0) is 31.4 Å². The Morgan fingerprint density at radius 1 is 1.00 bits per heavy atom. The van der Waals surface area contributed by atoms with Crippen LogP contribution in [0.2, 0.25) is 0 Å². The largest absolute Gasteiger partial charge is 0.484 e. The van der Waals surface area contributed by atoms with Crippen LogP contribution in [0.4, 0.5) is 0 Å². The number of hydrogen-bond acceptors (Lipinski definition) is 4. The van der Waals surface area contributed by atoms with E-state index in [9.17, 15) is 9.59 Å². The second kappa shape index (κ2) is 11.5. The maximum atomic E-state index is 11.7. The lowest BCUT2D eigenvalue weighted by Gasteiger charge is -2.21. The number of hydrogen-bond donors (Lipinski definition) is 2.